The van der Waals surface area contributed by atoms with Crippen LogP contribution in [0.1, 0.15) is 124 Å². The summed E-state index contributed by atoms with van der Waals surface area (Å²) in [4.78, 5) is 2.58. The molecule has 14 rings (SSSR count). The fourth-order valence-electron chi connectivity index (χ4n) is 14.3. The summed E-state index contributed by atoms with van der Waals surface area (Å²) in [5.74, 6) is 0. The Morgan fingerprint density at radius 3 is 1.44 bits per heavy atom. The van der Waals surface area contributed by atoms with Gasteiger partial charge in [0.25, 0.3) is 0 Å². The van der Waals surface area contributed by atoms with Crippen LogP contribution in [0.5, 0.6) is 0 Å². The maximum absolute atomic E-state index is 2.58. The average molecular weight is 966 g/mol. The van der Waals surface area contributed by atoms with E-state index in [1.165, 1.54) is 117 Å². The van der Waals surface area contributed by atoms with Crippen LogP contribution >= 0.6 is 0 Å². The number of rotatable bonds is 5. The number of benzene rings is 10. The summed E-state index contributed by atoms with van der Waals surface area (Å²) in [6.45, 7) is 21.3. The molecule has 0 aromatic heterocycles. The molecule has 0 fully saturated rings. The molecule has 1 spiro atoms. The Morgan fingerprint density at radius 2 is 0.773 bits per heavy atom. The number of hydrogen-bond donors (Lipinski definition) is 0. The van der Waals surface area contributed by atoms with Crippen molar-refractivity contribution in [1.82, 2.24) is 0 Å². The third kappa shape index (κ3) is 6.25. The van der Waals surface area contributed by atoms with Gasteiger partial charge in [-0.05, 0) is 159 Å². The van der Waals surface area contributed by atoms with Crippen LogP contribution in [0.15, 0.2) is 218 Å². The van der Waals surface area contributed by atoms with Crippen molar-refractivity contribution < 1.29 is 0 Å². The van der Waals surface area contributed by atoms with E-state index in [0.29, 0.717) is 0 Å². The third-order valence-electron chi connectivity index (χ3n) is 18.1. The minimum atomic E-state index is -0.498. The van der Waals surface area contributed by atoms with Crippen LogP contribution < -0.4 is 4.90 Å². The molecule has 1 unspecified atom stereocenters. The lowest BCUT2D eigenvalue weighted by Crippen LogP contribution is -2.27. The molecule has 0 bridgehead atoms. The lowest BCUT2D eigenvalue weighted by atomic mass is 9.69. The Morgan fingerprint density at radius 1 is 0.307 bits per heavy atom. The van der Waals surface area contributed by atoms with Crippen LogP contribution in [-0.2, 0) is 27.1 Å². The first-order valence-corrected chi connectivity index (χ1v) is 27.1. The quantitative estimate of drug-likeness (QED) is 0.166. The fraction of sp³-hybridized carbons (Fsp3) is 0.189. The van der Waals surface area contributed by atoms with Crippen LogP contribution in [0.2, 0.25) is 0 Å². The van der Waals surface area contributed by atoms with Crippen LogP contribution in [-0.4, -0.2) is 0 Å². The van der Waals surface area contributed by atoms with E-state index in [9.17, 15) is 0 Å². The van der Waals surface area contributed by atoms with E-state index < -0.39 is 5.41 Å². The molecule has 75 heavy (non-hydrogen) atoms. The highest BCUT2D eigenvalue weighted by Gasteiger charge is 2.53. The summed E-state index contributed by atoms with van der Waals surface area (Å²) in [6.07, 6.45) is 0. The first-order chi connectivity index (χ1) is 36.1. The second-order valence-corrected chi connectivity index (χ2v) is 24.6. The second kappa shape index (κ2) is 15.8. The molecule has 10 aromatic rings. The zero-order chi connectivity index (χ0) is 51.4. The molecule has 0 N–H and O–H groups in total. The Hall–Kier alpha value is -8.00. The van der Waals surface area contributed by atoms with E-state index in [4.69, 9.17) is 0 Å². The molecule has 4 aliphatic carbocycles. The van der Waals surface area contributed by atoms with Crippen LogP contribution in [0.3, 0.4) is 0 Å². The molecule has 0 amide bonds. The van der Waals surface area contributed by atoms with E-state index in [1.807, 2.05) is 0 Å². The highest BCUT2D eigenvalue weighted by atomic mass is 15.1. The number of para-hydroxylation sites is 1. The van der Waals surface area contributed by atoms with Crippen LogP contribution in [0.4, 0.5) is 17.1 Å². The molecule has 0 heterocycles. The fourth-order valence-corrected chi connectivity index (χ4v) is 14.3. The normalized spacial score (nSPS) is 16.6. The van der Waals surface area contributed by atoms with E-state index in [0.717, 1.165) is 17.1 Å². The maximum Gasteiger partial charge on any atom is 0.0725 e. The molecule has 0 saturated carbocycles. The van der Waals surface area contributed by atoms with Gasteiger partial charge in [-0.3, -0.25) is 0 Å². The van der Waals surface area contributed by atoms with Gasteiger partial charge < -0.3 is 4.90 Å². The van der Waals surface area contributed by atoms with E-state index >= 15 is 0 Å². The average Bonchev–Trinajstić information content (AvgIpc) is 4.29. The summed E-state index contributed by atoms with van der Waals surface area (Å²) in [5.41, 5.74) is 30.2. The van der Waals surface area contributed by atoms with Crippen molar-refractivity contribution in [2.75, 3.05) is 4.90 Å². The molecular formula is C74H63N. The summed E-state index contributed by atoms with van der Waals surface area (Å²) in [5, 5.41) is 0. The van der Waals surface area contributed by atoms with Crippen molar-refractivity contribution in [2.24, 2.45) is 0 Å². The molecule has 364 valence electrons. The molecule has 0 aliphatic heterocycles. The van der Waals surface area contributed by atoms with E-state index in [-0.39, 0.29) is 21.7 Å². The Bertz CT molecular complexity index is 3960. The van der Waals surface area contributed by atoms with Crippen molar-refractivity contribution in [3.05, 3.63) is 280 Å². The predicted molar refractivity (Wildman–Crippen MR) is 315 cm³/mol. The molecule has 4 aliphatic rings. The van der Waals surface area contributed by atoms with Gasteiger partial charge in [0.05, 0.1) is 11.1 Å². The van der Waals surface area contributed by atoms with Crippen molar-refractivity contribution in [2.45, 2.75) is 89.4 Å². The number of fused-ring (bicyclic) bond motifs is 16. The van der Waals surface area contributed by atoms with Gasteiger partial charge in [0.1, 0.15) is 0 Å². The van der Waals surface area contributed by atoms with E-state index in [1.54, 1.807) is 0 Å². The summed E-state index contributed by atoms with van der Waals surface area (Å²) >= 11 is 0. The van der Waals surface area contributed by atoms with Gasteiger partial charge in [0.15, 0.2) is 0 Å². The highest BCUT2D eigenvalue weighted by Crippen LogP contribution is 2.65. The predicted octanol–water partition coefficient (Wildman–Crippen LogP) is 19.4. The minimum Gasteiger partial charge on any atom is -0.310 e. The van der Waals surface area contributed by atoms with Gasteiger partial charge in [-0.2, -0.15) is 0 Å². The molecular weight excluding hydrogens is 903 g/mol. The van der Waals surface area contributed by atoms with Gasteiger partial charge in [-0.25, -0.2) is 0 Å². The third-order valence-corrected chi connectivity index (χ3v) is 18.1. The van der Waals surface area contributed by atoms with E-state index in [2.05, 4.69) is 286 Å². The van der Waals surface area contributed by atoms with Gasteiger partial charge in [0.2, 0.25) is 0 Å². The first kappa shape index (κ1) is 45.6. The van der Waals surface area contributed by atoms with Crippen molar-refractivity contribution in [3.63, 3.8) is 0 Å². The van der Waals surface area contributed by atoms with Crippen LogP contribution in [0, 0.1) is 0 Å². The Balaban J connectivity index is 1.05. The first-order valence-electron chi connectivity index (χ1n) is 27.1. The van der Waals surface area contributed by atoms with Gasteiger partial charge in [-0.15, -0.1) is 0 Å². The summed E-state index contributed by atoms with van der Waals surface area (Å²) < 4.78 is 0. The molecule has 0 radical (unpaired) electrons. The van der Waals surface area contributed by atoms with Crippen molar-refractivity contribution in [3.8, 4) is 55.6 Å². The standard InChI is InChI=1S/C74H63N/c1-70(2,3)47-34-38-54-55-39-35-48(71(4,5)6)43-67(55)74(66(54)42-47)62-31-19-14-25-52(62)59-44-49(37-41-63(59)74)75(50-36-40-53-51-24-13-18-30-61(51)73(9,65(53)45-50)46-22-11-10-12-23-46)68-33-20-16-26-56(68)57-28-21-32-64-69(57)58-27-15-17-29-60(58)72(64,7)8/h10-45H,1-9H3. The lowest BCUT2D eigenvalue weighted by molar-refractivity contribution is 0.586. The Labute approximate surface area is 444 Å². The molecule has 1 heteroatoms. The van der Waals surface area contributed by atoms with Gasteiger partial charge in [-0.1, -0.05) is 243 Å². The van der Waals surface area contributed by atoms with Crippen molar-refractivity contribution in [1.29, 1.82) is 0 Å². The van der Waals surface area contributed by atoms with Gasteiger partial charge >= 0.3 is 0 Å². The smallest absolute Gasteiger partial charge is 0.0725 e. The van der Waals surface area contributed by atoms with Crippen LogP contribution in [0.25, 0.3) is 55.6 Å². The monoisotopic (exact) mass is 965 g/mol. The zero-order valence-electron chi connectivity index (χ0n) is 44.7. The summed E-state index contributed by atoms with van der Waals surface area (Å²) in [6, 6.07) is 84.2. The maximum atomic E-state index is 2.58. The second-order valence-electron chi connectivity index (χ2n) is 24.6. The van der Waals surface area contributed by atoms with Gasteiger partial charge in [0, 0.05) is 27.8 Å². The SMILES string of the molecule is CC(C)(C)c1ccc2c(c1)C1(c3ccccc3-c3cc(N(c4ccc5c(c4)C(C)(c4ccccc4)c4ccccc4-5)c4ccccc4-c4cccc5c4-c4ccccc4C5(C)C)ccc31)c1cc(C(C)(C)C)ccc1-2. The Kier molecular flexibility index (Phi) is 9.58. The molecule has 0 saturated heterocycles. The summed E-state index contributed by atoms with van der Waals surface area (Å²) in [7, 11) is 0. The largest absolute Gasteiger partial charge is 0.310 e. The number of nitrogens with zero attached hydrogens (tertiary/aromatic N) is 1. The number of hydrogen-bond acceptors (Lipinski definition) is 1. The topological polar surface area (TPSA) is 3.24 Å². The number of anilines is 3. The van der Waals surface area contributed by atoms with Crippen molar-refractivity contribution >= 4 is 17.1 Å². The minimum absolute atomic E-state index is 0.0230. The molecule has 1 nitrogen and oxygen atoms in total. The zero-order valence-corrected chi connectivity index (χ0v) is 44.7. The molecule has 10 aromatic carbocycles. The molecule has 1 atom stereocenters. The highest BCUT2D eigenvalue weighted by molar-refractivity contribution is 6.01. The lowest BCUT2D eigenvalue weighted by Gasteiger charge is -2.34.